The summed E-state index contributed by atoms with van der Waals surface area (Å²) >= 11 is 0. The van der Waals surface area contributed by atoms with Crippen LogP contribution in [0.3, 0.4) is 0 Å². The standard InChI is InChI=1S/C19H23F3N4O/c1-4-23-18-24-16(12(2)3)10-17(25-18)26-8-7-13-9-15(27-19(20,21)22)6-5-14(13)11-26/h5-6,9-10,12H,4,7-8,11H2,1-3H3,(H,23,24,25). The topological polar surface area (TPSA) is 50.3 Å². The SMILES string of the molecule is CCNc1nc(C(C)C)cc(N2CCc3cc(OC(F)(F)F)ccc3C2)n1. The van der Waals surface area contributed by atoms with E-state index in [1.165, 1.54) is 12.1 Å². The third-order valence-corrected chi connectivity index (χ3v) is 4.41. The van der Waals surface area contributed by atoms with E-state index in [-0.39, 0.29) is 11.7 Å². The van der Waals surface area contributed by atoms with Crippen LogP contribution in [-0.4, -0.2) is 29.4 Å². The minimum atomic E-state index is -4.67. The maximum absolute atomic E-state index is 12.4. The molecule has 27 heavy (non-hydrogen) atoms. The lowest BCUT2D eigenvalue weighted by molar-refractivity contribution is -0.274. The number of benzene rings is 1. The van der Waals surface area contributed by atoms with Crippen molar-refractivity contribution in [2.45, 2.75) is 46.0 Å². The van der Waals surface area contributed by atoms with E-state index in [4.69, 9.17) is 0 Å². The lowest BCUT2D eigenvalue weighted by atomic mass is 9.99. The third kappa shape index (κ3) is 4.81. The summed E-state index contributed by atoms with van der Waals surface area (Å²) in [7, 11) is 0. The number of anilines is 2. The van der Waals surface area contributed by atoms with Crippen LogP contribution in [0, 0.1) is 0 Å². The highest BCUT2D eigenvalue weighted by Crippen LogP contribution is 2.30. The summed E-state index contributed by atoms with van der Waals surface area (Å²) in [5.41, 5.74) is 2.80. The Morgan fingerprint density at radius 3 is 2.63 bits per heavy atom. The summed E-state index contributed by atoms with van der Waals surface area (Å²) in [4.78, 5) is 11.3. The van der Waals surface area contributed by atoms with Gasteiger partial charge in [-0.1, -0.05) is 19.9 Å². The molecule has 5 nitrogen and oxygen atoms in total. The van der Waals surface area contributed by atoms with Gasteiger partial charge in [0, 0.05) is 25.7 Å². The molecule has 0 atom stereocenters. The van der Waals surface area contributed by atoms with E-state index in [1.54, 1.807) is 6.07 Å². The van der Waals surface area contributed by atoms with Gasteiger partial charge in [0.1, 0.15) is 11.6 Å². The number of fused-ring (bicyclic) bond motifs is 1. The number of halogens is 3. The molecule has 0 unspecified atom stereocenters. The first-order chi connectivity index (χ1) is 12.7. The molecule has 1 aromatic heterocycles. The predicted octanol–water partition coefficient (Wildman–Crippen LogP) is 4.49. The quantitative estimate of drug-likeness (QED) is 0.828. The molecular formula is C19H23F3N4O. The second-order valence-electron chi connectivity index (χ2n) is 6.81. The molecule has 0 amide bonds. The maximum Gasteiger partial charge on any atom is 0.573 e. The molecule has 2 heterocycles. The van der Waals surface area contributed by atoms with Crippen LogP contribution in [-0.2, 0) is 13.0 Å². The molecular weight excluding hydrogens is 357 g/mol. The summed E-state index contributed by atoms with van der Waals surface area (Å²) in [6, 6.07) is 6.51. The van der Waals surface area contributed by atoms with Crippen molar-refractivity contribution >= 4 is 11.8 Å². The summed E-state index contributed by atoms with van der Waals surface area (Å²) in [5, 5.41) is 3.16. The van der Waals surface area contributed by atoms with E-state index >= 15 is 0 Å². The molecule has 3 rings (SSSR count). The monoisotopic (exact) mass is 380 g/mol. The molecule has 1 aliphatic heterocycles. The van der Waals surface area contributed by atoms with Gasteiger partial charge < -0.3 is 15.0 Å². The highest BCUT2D eigenvalue weighted by Gasteiger charge is 2.31. The van der Waals surface area contributed by atoms with Gasteiger partial charge in [0.25, 0.3) is 0 Å². The van der Waals surface area contributed by atoms with E-state index in [9.17, 15) is 13.2 Å². The molecule has 0 saturated carbocycles. The second-order valence-corrected chi connectivity index (χ2v) is 6.81. The average Bonchev–Trinajstić information content (AvgIpc) is 2.60. The summed E-state index contributed by atoms with van der Waals surface area (Å²) < 4.78 is 41.3. The van der Waals surface area contributed by atoms with Gasteiger partial charge in [0.05, 0.1) is 5.69 Å². The Labute approximate surface area is 156 Å². The average molecular weight is 380 g/mol. The fourth-order valence-corrected chi connectivity index (χ4v) is 3.07. The first kappa shape index (κ1) is 19.3. The van der Waals surface area contributed by atoms with E-state index < -0.39 is 6.36 Å². The number of hydrogen-bond acceptors (Lipinski definition) is 5. The van der Waals surface area contributed by atoms with Gasteiger partial charge in [0.15, 0.2) is 0 Å². The Balaban J connectivity index is 1.83. The Kier molecular flexibility index (Phi) is 5.43. The summed E-state index contributed by atoms with van der Waals surface area (Å²) in [6.07, 6.45) is -4.05. The van der Waals surface area contributed by atoms with E-state index in [2.05, 4.69) is 38.8 Å². The Morgan fingerprint density at radius 2 is 1.96 bits per heavy atom. The van der Waals surface area contributed by atoms with Crippen LogP contribution < -0.4 is 15.0 Å². The van der Waals surface area contributed by atoms with Crippen LogP contribution in [0.1, 0.15) is 43.5 Å². The van der Waals surface area contributed by atoms with Gasteiger partial charge >= 0.3 is 6.36 Å². The van der Waals surface area contributed by atoms with E-state index in [0.29, 0.717) is 25.5 Å². The Hall–Kier alpha value is -2.51. The zero-order valence-corrected chi connectivity index (χ0v) is 15.6. The van der Waals surface area contributed by atoms with Gasteiger partial charge in [-0.25, -0.2) is 4.98 Å². The second kappa shape index (κ2) is 7.62. The van der Waals surface area contributed by atoms with Crippen LogP contribution in [0.25, 0.3) is 0 Å². The van der Waals surface area contributed by atoms with Crippen molar-refractivity contribution in [3.05, 3.63) is 41.1 Å². The van der Waals surface area contributed by atoms with Crippen LogP contribution in [0.15, 0.2) is 24.3 Å². The number of nitrogens with one attached hydrogen (secondary N) is 1. The van der Waals surface area contributed by atoms with E-state index in [0.717, 1.165) is 29.2 Å². The molecule has 2 aromatic rings. The highest BCUT2D eigenvalue weighted by atomic mass is 19.4. The lowest BCUT2D eigenvalue weighted by Gasteiger charge is -2.30. The van der Waals surface area contributed by atoms with Crippen LogP contribution in [0.4, 0.5) is 24.9 Å². The lowest BCUT2D eigenvalue weighted by Crippen LogP contribution is -2.31. The molecule has 0 saturated heterocycles. The van der Waals surface area contributed by atoms with Gasteiger partial charge in [-0.05, 0) is 42.5 Å². The fourth-order valence-electron chi connectivity index (χ4n) is 3.07. The van der Waals surface area contributed by atoms with Gasteiger partial charge in [-0.2, -0.15) is 4.98 Å². The van der Waals surface area contributed by atoms with Crippen molar-refractivity contribution in [2.75, 3.05) is 23.3 Å². The van der Waals surface area contributed by atoms with Crippen LogP contribution in [0.5, 0.6) is 5.75 Å². The predicted molar refractivity (Wildman–Crippen MR) is 98.2 cm³/mol. The summed E-state index contributed by atoms with van der Waals surface area (Å²) in [6.45, 7) is 8.13. The Bertz CT molecular complexity index is 808. The van der Waals surface area contributed by atoms with Crippen molar-refractivity contribution in [2.24, 2.45) is 0 Å². The smallest absolute Gasteiger partial charge is 0.406 e. The number of aromatic nitrogens is 2. The largest absolute Gasteiger partial charge is 0.573 e. The van der Waals surface area contributed by atoms with Crippen molar-refractivity contribution in [3.63, 3.8) is 0 Å². The molecule has 0 fully saturated rings. The Morgan fingerprint density at radius 1 is 1.19 bits per heavy atom. The van der Waals surface area contributed by atoms with Gasteiger partial charge in [0.2, 0.25) is 5.95 Å². The molecule has 0 radical (unpaired) electrons. The normalized spacial score (nSPS) is 14.3. The molecule has 8 heteroatoms. The van der Waals surface area contributed by atoms with Crippen molar-refractivity contribution in [1.82, 2.24) is 9.97 Å². The third-order valence-electron chi connectivity index (χ3n) is 4.41. The fraction of sp³-hybridized carbons (Fsp3) is 0.474. The highest BCUT2D eigenvalue weighted by molar-refractivity contribution is 5.49. The number of rotatable bonds is 5. The molecule has 146 valence electrons. The number of alkyl halides is 3. The maximum atomic E-state index is 12.4. The molecule has 1 aromatic carbocycles. The molecule has 0 spiro atoms. The zero-order valence-electron chi connectivity index (χ0n) is 15.6. The van der Waals surface area contributed by atoms with E-state index in [1.807, 2.05) is 13.0 Å². The van der Waals surface area contributed by atoms with Crippen molar-refractivity contribution in [3.8, 4) is 5.75 Å². The molecule has 1 N–H and O–H groups in total. The first-order valence-corrected chi connectivity index (χ1v) is 9.00. The summed E-state index contributed by atoms with van der Waals surface area (Å²) in [5.74, 6) is 1.51. The van der Waals surface area contributed by atoms with Crippen molar-refractivity contribution < 1.29 is 17.9 Å². The van der Waals surface area contributed by atoms with Crippen LogP contribution in [0.2, 0.25) is 0 Å². The minimum Gasteiger partial charge on any atom is -0.406 e. The number of hydrogen-bond donors (Lipinski definition) is 1. The van der Waals surface area contributed by atoms with Crippen molar-refractivity contribution in [1.29, 1.82) is 0 Å². The number of ether oxygens (including phenoxy) is 1. The molecule has 1 aliphatic rings. The molecule has 0 bridgehead atoms. The van der Waals surface area contributed by atoms with Gasteiger partial charge in [-0.15, -0.1) is 13.2 Å². The minimum absolute atomic E-state index is 0.173. The first-order valence-electron chi connectivity index (χ1n) is 9.00. The molecule has 0 aliphatic carbocycles. The number of nitrogens with zero attached hydrogens (tertiary/aromatic N) is 3. The zero-order chi connectivity index (χ0) is 19.6. The van der Waals surface area contributed by atoms with Crippen LogP contribution >= 0.6 is 0 Å². The van der Waals surface area contributed by atoms with Gasteiger partial charge in [-0.3, -0.25) is 0 Å².